The van der Waals surface area contributed by atoms with Crippen molar-refractivity contribution in [3.05, 3.63) is 56.0 Å². The number of phenolic OH excluding ortho intramolecular Hbond substituents is 1. The van der Waals surface area contributed by atoms with Gasteiger partial charge in [0.25, 0.3) is 0 Å². The van der Waals surface area contributed by atoms with Gasteiger partial charge in [0.2, 0.25) is 0 Å². The van der Waals surface area contributed by atoms with Crippen LogP contribution in [0.25, 0.3) is 0 Å². The van der Waals surface area contributed by atoms with Gasteiger partial charge in [-0.3, -0.25) is 4.79 Å². The molecule has 0 atom stereocenters. The van der Waals surface area contributed by atoms with Crippen LogP contribution in [-0.4, -0.2) is 17.5 Å². The molecule has 2 aromatic carbocycles. The van der Waals surface area contributed by atoms with Gasteiger partial charge in [-0.25, -0.2) is 0 Å². The molecule has 0 saturated carbocycles. The first-order chi connectivity index (χ1) is 12.8. The fourth-order valence-electron chi connectivity index (χ4n) is 2.66. The van der Waals surface area contributed by atoms with E-state index in [1.807, 2.05) is 24.3 Å². The monoisotopic (exact) mass is 492 g/mol. The molecule has 2 rings (SSSR count). The van der Waals surface area contributed by atoms with Crippen molar-refractivity contribution in [3.63, 3.8) is 0 Å². The van der Waals surface area contributed by atoms with Crippen molar-refractivity contribution < 1.29 is 14.6 Å². The van der Waals surface area contributed by atoms with E-state index in [9.17, 15) is 9.90 Å². The van der Waals surface area contributed by atoms with E-state index in [0.29, 0.717) is 30.8 Å². The largest absolute Gasteiger partial charge is 0.508 e. The number of carbonyl (C=O) groups excluding carboxylic acids is 1. The van der Waals surface area contributed by atoms with E-state index in [0.717, 1.165) is 25.6 Å². The van der Waals surface area contributed by atoms with E-state index in [4.69, 9.17) is 11.2 Å². The van der Waals surface area contributed by atoms with Gasteiger partial charge in [-0.05, 0) is 47.2 Å². The number of phenols is 1. The second kappa shape index (κ2) is 9.96. The highest BCUT2D eigenvalue weighted by Gasteiger charge is 2.13. The zero-order valence-electron chi connectivity index (χ0n) is 15.4. The number of aromatic hydroxyl groups is 1. The van der Waals surface area contributed by atoms with Gasteiger partial charge in [-0.15, -0.1) is 12.3 Å². The minimum Gasteiger partial charge on any atom is -0.508 e. The molecule has 0 bridgehead atoms. The first-order valence-corrected chi connectivity index (χ1v) is 10.3. The van der Waals surface area contributed by atoms with Crippen LogP contribution < -0.4 is 4.74 Å². The summed E-state index contributed by atoms with van der Waals surface area (Å²) in [6, 6.07) is 9.42. The van der Waals surface area contributed by atoms with Gasteiger partial charge in [0, 0.05) is 21.8 Å². The average molecular weight is 494 g/mol. The molecule has 27 heavy (non-hydrogen) atoms. The van der Waals surface area contributed by atoms with Crippen molar-refractivity contribution in [2.24, 2.45) is 0 Å². The standard InChI is InChI=1S/C22H22Br2O3/c1-4-5-6-16(25)13-27-17-11-20(23)19(21(24)12-17)10-15-7-8-22(26)18(9-15)14(2)3/h1,7-9,11-12,14,26H,5-6,10,13H2,2-3H3. The van der Waals surface area contributed by atoms with E-state index in [-0.39, 0.29) is 18.3 Å². The van der Waals surface area contributed by atoms with Crippen molar-refractivity contribution in [2.75, 3.05) is 6.61 Å². The Balaban J connectivity index is 2.14. The summed E-state index contributed by atoms with van der Waals surface area (Å²) in [5.41, 5.74) is 3.11. The molecular weight excluding hydrogens is 472 g/mol. The van der Waals surface area contributed by atoms with Crippen LogP contribution in [0.2, 0.25) is 0 Å². The molecule has 0 aromatic heterocycles. The normalized spacial score (nSPS) is 10.7. The summed E-state index contributed by atoms with van der Waals surface area (Å²) in [5, 5.41) is 10.0. The lowest BCUT2D eigenvalue weighted by molar-refractivity contribution is -0.120. The Bertz CT molecular complexity index is 843. The molecule has 0 radical (unpaired) electrons. The number of benzene rings is 2. The molecule has 0 amide bonds. The van der Waals surface area contributed by atoms with E-state index < -0.39 is 0 Å². The summed E-state index contributed by atoms with van der Waals surface area (Å²) >= 11 is 7.19. The van der Waals surface area contributed by atoms with Crippen molar-refractivity contribution >= 4 is 37.6 Å². The molecule has 0 fully saturated rings. The van der Waals surface area contributed by atoms with Crippen LogP contribution in [0, 0.1) is 12.3 Å². The average Bonchev–Trinajstić information content (AvgIpc) is 2.62. The highest BCUT2D eigenvalue weighted by molar-refractivity contribution is 9.11. The number of rotatable bonds is 8. The van der Waals surface area contributed by atoms with Gasteiger partial charge in [0.05, 0.1) is 0 Å². The third kappa shape index (κ3) is 6.12. The third-order valence-corrected chi connectivity index (χ3v) is 5.57. The maximum atomic E-state index is 11.7. The van der Waals surface area contributed by atoms with Gasteiger partial charge >= 0.3 is 0 Å². The highest BCUT2D eigenvalue weighted by atomic mass is 79.9. The second-order valence-corrected chi connectivity index (χ2v) is 8.33. The Morgan fingerprint density at radius 3 is 2.48 bits per heavy atom. The summed E-state index contributed by atoms with van der Waals surface area (Å²) in [6.07, 6.45) is 6.62. The lowest BCUT2D eigenvalue weighted by Gasteiger charge is -2.14. The van der Waals surface area contributed by atoms with Crippen LogP contribution >= 0.6 is 31.9 Å². The molecule has 2 aromatic rings. The molecule has 142 valence electrons. The van der Waals surface area contributed by atoms with Gasteiger partial charge in [-0.1, -0.05) is 57.8 Å². The van der Waals surface area contributed by atoms with Crippen LogP contribution in [0.4, 0.5) is 0 Å². The summed E-state index contributed by atoms with van der Waals surface area (Å²) in [4.78, 5) is 11.7. The lowest BCUT2D eigenvalue weighted by Crippen LogP contribution is -2.10. The number of ketones is 1. The summed E-state index contributed by atoms with van der Waals surface area (Å²) in [7, 11) is 0. The molecule has 0 heterocycles. The van der Waals surface area contributed by atoms with E-state index in [1.54, 1.807) is 6.07 Å². The topological polar surface area (TPSA) is 46.5 Å². The van der Waals surface area contributed by atoms with Crippen LogP contribution in [0.5, 0.6) is 11.5 Å². The number of hydrogen-bond donors (Lipinski definition) is 1. The Morgan fingerprint density at radius 1 is 1.22 bits per heavy atom. The molecule has 1 N–H and O–H groups in total. The van der Waals surface area contributed by atoms with E-state index in [1.165, 1.54) is 0 Å². The van der Waals surface area contributed by atoms with Crippen LogP contribution in [-0.2, 0) is 11.2 Å². The summed E-state index contributed by atoms with van der Waals surface area (Å²) in [5.74, 6) is 3.62. The maximum absolute atomic E-state index is 11.7. The zero-order chi connectivity index (χ0) is 20.0. The predicted molar refractivity (Wildman–Crippen MR) is 115 cm³/mol. The Labute approximate surface area is 177 Å². The first kappa shape index (κ1) is 21.5. The second-order valence-electron chi connectivity index (χ2n) is 6.62. The first-order valence-electron chi connectivity index (χ1n) is 8.69. The minimum absolute atomic E-state index is 0.00954. The molecule has 0 aliphatic heterocycles. The van der Waals surface area contributed by atoms with Crippen molar-refractivity contribution in [3.8, 4) is 23.8 Å². The Hall–Kier alpha value is -1.77. The number of carbonyl (C=O) groups is 1. The summed E-state index contributed by atoms with van der Waals surface area (Å²) in [6.45, 7) is 4.12. The fourth-order valence-corrected chi connectivity index (χ4v) is 4.08. The van der Waals surface area contributed by atoms with E-state index in [2.05, 4.69) is 51.6 Å². The molecule has 0 spiro atoms. The predicted octanol–water partition coefficient (Wildman–Crippen LogP) is 5.99. The van der Waals surface area contributed by atoms with Crippen molar-refractivity contribution in [1.29, 1.82) is 0 Å². The van der Waals surface area contributed by atoms with E-state index >= 15 is 0 Å². The molecule has 3 nitrogen and oxygen atoms in total. The minimum atomic E-state index is -0.0189. The third-order valence-electron chi connectivity index (χ3n) is 4.16. The number of ether oxygens (including phenoxy) is 1. The van der Waals surface area contributed by atoms with Crippen LogP contribution in [0.3, 0.4) is 0 Å². The highest BCUT2D eigenvalue weighted by Crippen LogP contribution is 2.34. The van der Waals surface area contributed by atoms with Gasteiger partial charge < -0.3 is 9.84 Å². The molecule has 0 aliphatic carbocycles. The van der Waals surface area contributed by atoms with Gasteiger partial charge in [-0.2, -0.15) is 0 Å². The molecule has 0 saturated heterocycles. The zero-order valence-corrected chi connectivity index (χ0v) is 18.6. The van der Waals surface area contributed by atoms with Crippen LogP contribution in [0.1, 0.15) is 49.3 Å². The smallest absolute Gasteiger partial charge is 0.171 e. The number of Topliss-reactive ketones (excluding diaryl/α,β-unsaturated/α-hetero) is 1. The quantitative estimate of drug-likeness (QED) is 0.459. The SMILES string of the molecule is C#CCCC(=O)COc1cc(Br)c(Cc2ccc(O)c(C(C)C)c2)c(Br)c1. The summed E-state index contributed by atoms with van der Waals surface area (Å²) < 4.78 is 7.37. The van der Waals surface area contributed by atoms with Crippen LogP contribution in [0.15, 0.2) is 39.3 Å². The molecular formula is C22H22Br2O3. The molecule has 0 unspecified atom stereocenters. The molecule has 5 heteroatoms. The lowest BCUT2D eigenvalue weighted by atomic mass is 9.96. The Kier molecular flexibility index (Phi) is 7.94. The van der Waals surface area contributed by atoms with Gasteiger partial charge in [0.15, 0.2) is 5.78 Å². The Morgan fingerprint density at radius 2 is 1.89 bits per heavy atom. The van der Waals surface area contributed by atoms with Crippen molar-refractivity contribution in [1.82, 2.24) is 0 Å². The van der Waals surface area contributed by atoms with Gasteiger partial charge in [0.1, 0.15) is 18.1 Å². The fraction of sp³-hybridized carbons (Fsp3) is 0.318. The maximum Gasteiger partial charge on any atom is 0.171 e. The number of hydrogen-bond acceptors (Lipinski definition) is 3. The molecule has 0 aliphatic rings. The number of halogens is 2. The van der Waals surface area contributed by atoms with Crippen molar-refractivity contribution in [2.45, 2.75) is 39.0 Å². The number of terminal acetylenes is 1.